The molecule has 0 unspecified atom stereocenters. The number of sulfonamides is 1. The van der Waals surface area contributed by atoms with Crippen LogP contribution in [0.1, 0.15) is 12.0 Å². The molecule has 1 amide bonds. The van der Waals surface area contributed by atoms with Gasteiger partial charge in [-0.1, -0.05) is 12.1 Å². The van der Waals surface area contributed by atoms with E-state index in [4.69, 9.17) is 9.88 Å². The van der Waals surface area contributed by atoms with Gasteiger partial charge in [0.1, 0.15) is 0 Å². The number of ether oxygens (including phenoxy) is 1. The zero-order chi connectivity index (χ0) is 14.3. The van der Waals surface area contributed by atoms with Crippen molar-refractivity contribution in [3.63, 3.8) is 0 Å². The van der Waals surface area contributed by atoms with Gasteiger partial charge in [0.2, 0.25) is 15.9 Å². The highest BCUT2D eigenvalue weighted by molar-refractivity contribution is 7.89. The quantitative estimate of drug-likeness (QED) is 0.738. The van der Waals surface area contributed by atoms with Crippen LogP contribution in [0.5, 0.6) is 0 Å². The first kappa shape index (κ1) is 15.6. The summed E-state index contributed by atoms with van der Waals surface area (Å²) in [6.45, 7) is 0.895. The third-order valence-electron chi connectivity index (χ3n) is 2.52. The van der Waals surface area contributed by atoms with E-state index in [2.05, 4.69) is 5.32 Å². The van der Waals surface area contributed by atoms with E-state index in [0.29, 0.717) is 26.0 Å². The smallest absolute Gasteiger partial charge is 0.238 e. The molecule has 0 saturated carbocycles. The molecule has 0 saturated heterocycles. The summed E-state index contributed by atoms with van der Waals surface area (Å²) < 4.78 is 26.9. The number of nitrogens with two attached hydrogens (primary N) is 1. The average molecular weight is 286 g/mol. The second kappa shape index (κ2) is 7.22. The first-order valence-electron chi connectivity index (χ1n) is 5.81. The molecule has 0 aliphatic rings. The summed E-state index contributed by atoms with van der Waals surface area (Å²) in [4.78, 5) is 11.4. The summed E-state index contributed by atoms with van der Waals surface area (Å²) >= 11 is 0. The lowest BCUT2D eigenvalue weighted by atomic mass is 10.1. The molecule has 0 spiro atoms. The molecule has 0 fully saturated rings. The van der Waals surface area contributed by atoms with Crippen molar-refractivity contribution in [1.29, 1.82) is 0 Å². The normalized spacial score (nSPS) is 11.3. The minimum atomic E-state index is -3.65. The van der Waals surface area contributed by atoms with Crippen molar-refractivity contribution < 1.29 is 17.9 Å². The second-order valence-electron chi connectivity index (χ2n) is 4.03. The Kier molecular flexibility index (Phi) is 5.94. The van der Waals surface area contributed by atoms with Crippen molar-refractivity contribution in [2.45, 2.75) is 17.7 Å². The molecule has 6 nitrogen and oxygen atoms in total. The van der Waals surface area contributed by atoms with Gasteiger partial charge in [-0.25, -0.2) is 13.6 Å². The summed E-state index contributed by atoms with van der Waals surface area (Å²) in [6, 6.07) is 6.27. The van der Waals surface area contributed by atoms with Crippen molar-refractivity contribution in [2.75, 3.05) is 20.3 Å². The van der Waals surface area contributed by atoms with Crippen molar-refractivity contribution >= 4 is 15.9 Å². The molecule has 19 heavy (non-hydrogen) atoms. The average Bonchev–Trinajstić information content (AvgIpc) is 2.36. The number of carbonyl (C=O) groups is 1. The zero-order valence-corrected chi connectivity index (χ0v) is 11.6. The highest BCUT2D eigenvalue weighted by Gasteiger charge is 2.06. The minimum Gasteiger partial charge on any atom is -0.384 e. The van der Waals surface area contributed by atoms with Gasteiger partial charge in [-0.05, 0) is 24.1 Å². The number of methoxy groups -OCH3 is 1. The third-order valence-corrected chi connectivity index (χ3v) is 3.45. The lowest BCUT2D eigenvalue weighted by molar-refractivity contribution is -0.121. The maximum absolute atomic E-state index is 11.3. The van der Waals surface area contributed by atoms with Crippen LogP contribution in [0.25, 0.3) is 0 Å². The molecule has 7 heteroatoms. The molecule has 1 rings (SSSR count). The van der Waals surface area contributed by atoms with Gasteiger partial charge >= 0.3 is 0 Å². The van der Waals surface area contributed by atoms with E-state index in [-0.39, 0.29) is 10.8 Å². The summed E-state index contributed by atoms with van der Waals surface area (Å²) in [5.41, 5.74) is 0.930. The van der Waals surface area contributed by atoms with E-state index >= 15 is 0 Å². The Hall–Kier alpha value is -1.44. The number of hydrogen-bond donors (Lipinski definition) is 2. The number of carbonyl (C=O) groups excluding carboxylic acids is 1. The highest BCUT2D eigenvalue weighted by Crippen LogP contribution is 2.08. The Labute approximate surface area is 113 Å². The van der Waals surface area contributed by atoms with Crippen molar-refractivity contribution in [3.05, 3.63) is 29.8 Å². The van der Waals surface area contributed by atoms with Gasteiger partial charge in [-0.15, -0.1) is 0 Å². The van der Waals surface area contributed by atoms with Crippen LogP contribution in [0.2, 0.25) is 0 Å². The molecule has 0 heterocycles. The predicted molar refractivity (Wildman–Crippen MR) is 71.0 cm³/mol. The number of hydrogen-bond acceptors (Lipinski definition) is 4. The number of nitrogens with one attached hydrogen (secondary N) is 1. The predicted octanol–water partition coefficient (Wildman–Crippen LogP) is 0.0292. The SMILES string of the molecule is COCCC(=O)NCCc1ccc(S(N)(=O)=O)cc1. The third kappa shape index (κ3) is 5.82. The van der Waals surface area contributed by atoms with Crippen molar-refractivity contribution in [1.82, 2.24) is 5.32 Å². The highest BCUT2D eigenvalue weighted by atomic mass is 32.2. The van der Waals surface area contributed by atoms with Crippen LogP contribution in [-0.2, 0) is 26.0 Å². The first-order valence-corrected chi connectivity index (χ1v) is 7.35. The Morgan fingerprint density at radius 2 is 1.95 bits per heavy atom. The van der Waals surface area contributed by atoms with Gasteiger partial charge in [-0.3, -0.25) is 4.79 Å². The number of benzene rings is 1. The molecule has 1 aromatic carbocycles. The van der Waals surface area contributed by atoms with E-state index < -0.39 is 10.0 Å². The van der Waals surface area contributed by atoms with Gasteiger partial charge in [0.25, 0.3) is 0 Å². The minimum absolute atomic E-state index is 0.0667. The van der Waals surface area contributed by atoms with Crippen LogP contribution in [0.3, 0.4) is 0 Å². The van der Waals surface area contributed by atoms with Gasteiger partial charge in [-0.2, -0.15) is 0 Å². The lowest BCUT2D eigenvalue weighted by Crippen LogP contribution is -2.26. The molecule has 0 aliphatic carbocycles. The number of primary sulfonamides is 1. The molecule has 0 radical (unpaired) electrons. The number of amides is 1. The first-order chi connectivity index (χ1) is 8.93. The monoisotopic (exact) mass is 286 g/mol. The molecule has 0 aromatic heterocycles. The summed E-state index contributed by atoms with van der Waals surface area (Å²) in [6.07, 6.45) is 0.963. The van der Waals surface area contributed by atoms with E-state index in [1.54, 1.807) is 19.2 Å². The Morgan fingerprint density at radius 3 is 2.47 bits per heavy atom. The van der Waals surface area contributed by atoms with Crippen LogP contribution in [0.4, 0.5) is 0 Å². The topological polar surface area (TPSA) is 98.5 Å². The van der Waals surface area contributed by atoms with Crippen LogP contribution < -0.4 is 10.5 Å². The summed E-state index contributed by atoms with van der Waals surface area (Å²) in [7, 11) is -2.11. The van der Waals surface area contributed by atoms with E-state index in [0.717, 1.165) is 5.56 Å². The maximum atomic E-state index is 11.3. The van der Waals surface area contributed by atoms with E-state index in [1.807, 2.05) is 0 Å². The Balaban J connectivity index is 2.40. The fourth-order valence-corrected chi connectivity index (χ4v) is 1.99. The fraction of sp³-hybridized carbons (Fsp3) is 0.417. The summed E-state index contributed by atoms with van der Waals surface area (Å²) in [5.74, 6) is -0.0667. The van der Waals surface area contributed by atoms with E-state index in [9.17, 15) is 13.2 Å². The molecule has 106 valence electrons. The molecule has 1 aromatic rings. The zero-order valence-electron chi connectivity index (χ0n) is 10.8. The van der Waals surface area contributed by atoms with Gasteiger partial charge in [0.05, 0.1) is 11.5 Å². The molecule has 0 aliphatic heterocycles. The molecule has 3 N–H and O–H groups in total. The second-order valence-corrected chi connectivity index (χ2v) is 5.59. The largest absolute Gasteiger partial charge is 0.384 e. The van der Waals surface area contributed by atoms with Crippen molar-refractivity contribution in [3.8, 4) is 0 Å². The Morgan fingerprint density at radius 1 is 1.32 bits per heavy atom. The number of rotatable bonds is 7. The van der Waals surface area contributed by atoms with Gasteiger partial charge < -0.3 is 10.1 Å². The fourth-order valence-electron chi connectivity index (χ4n) is 1.48. The molecule has 0 atom stereocenters. The molecule has 0 bridgehead atoms. The molecular weight excluding hydrogens is 268 g/mol. The van der Waals surface area contributed by atoms with Crippen molar-refractivity contribution in [2.24, 2.45) is 5.14 Å². The van der Waals surface area contributed by atoms with Crippen LogP contribution >= 0.6 is 0 Å². The maximum Gasteiger partial charge on any atom is 0.238 e. The lowest BCUT2D eigenvalue weighted by Gasteiger charge is -2.05. The van der Waals surface area contributed by atoms with Gasteiger partial charge in [0.15, 0.2) is 0 Å². The molecular formula is C12H18N2O4S. The Bertz CT molecular complexity index is 511. The van der Waals surface area contributed by atoms with Gasteiger partial charge in [0, 0.05) is 20.1 Å². The van der Waals surface area contributed by atoms with E-state index in [1.165, 1.54) is 12.1 Å². The van der Waals surface area contributed by atoms with Crippen LogP contribution in [-0.4, -0.2) is 34.6 Å². The van der Waals surface area contributed by atoms with Crippen LogP contribution in [0, 0.1) is 0 Å². The summed E-state index contributed by atoms with van der Waals surface area (Å²) in [5, 5.41) is 7.75. The standard InChI is InChI=1S/C12H18N2O4S/c1-18-9-7-12(15)14-8-6-10-2-4-11(5-3-10)19(13,16)17/h2-5H,6-9H2,1H3,(H,14,15)(H2,13,16,17). The van der Waals surface area contributed by atoms with Crippen LogP contribution in [0.15, 0.2) is 29.2 Å².